The van der Waals surface area contributed by atoms with Crippen LogP contribution in [0, 0.1) is 5.92 Å². The molecule has 3 aromatic rings. The molecule has 1 aliphatic rings. The van der Waals surface area contributed by atoms with Crippen LogP contribution in [0.1, 0.15) is 74.9 Å². The molecule has 2 aromatic carbocycles. The predicted molar refractivity (Wildman–Crippen MR) is 138 cm³/mol. The number of ether oxygens (including phenoxy) is 1. The van der Waals surface area contributed by atoms with Gasteiger partial charge in [-0.3, -0.25) is 4.79 Å². The molecule has 0 spiro atoms. The summed E-state index contributed by atoms with van der Waals surface area (Å²) in [5.41, 5.74) is 11.9. The highest BCUT2D eigenvalue weighted by molar-refractivity contribution is 5.84. The number of benzene rings is 2. The van der Waals surface area contributed by atoms with Crippen LogP contribution in [-0.2, 0) is 9.53 Å². The lowest BCUT2D eigenvalue weighted by molar-refractivity contribution is -0.125. The Kier molecular flexibility index (Phi) is 8.15. The van der Waals surface area contributed by atoms with E-state index in [4.69, 9.17) is 10.5 Å². The van der Waals surface area contributed by atoms with Gasteiger partial charge in [-0.1, -0.05) is 67.6 Å². The highest BCUT2D eigenvalue weighted by Gasteiger charge is 2.29. The molecule has 4 rings (SSSR count). The first-order valence-electron chi connectivity index (χ1n) is 12.7. The standard InChI is InChI=1S/C28H35N5O3/c1-18(2)27(34)19(3)33-26(16-31-32-33)25(29)14-8-9-15-30-28(35)36-17-24-22-12-6-4-10-20(22)21-11-5-7-13-23(21)24/h4-7,10-13,16,18-19,24-25H,8-9,14-15,17,29H2,1-3H3,(H,30,35)/t19-,25-/m0/s1. The molecule has 1 aromatic heterocycles. The number of nitrogens with two attached hydrogens (primary N) is 1. The summed E-state index contributed by atoms with van der Waals surface area (Å²) in [7, 11) is 0. The van der Waals surface area contributed by atoms with Crippen molar-refractivity contribution < 1.29 is 14.3 Å². The summed E-state index contributed by atoms with van der Waals surface area (Å²) >= 11 is 0. The van der Waals surface area contributed by atoms with E-state index in [-0.39, 0.29) is 23.7 Å². The molecular formula is C28H35N5O3. The average molecular weight is 490 g/mol. The van der Waals surface area contributed by atoms with Gasteiger partial charge in [-0.25, -0.2) is 9.48 Å². The topological polar surface area (TPSA) is 112 Å². The maximum Gasteiger partial charge on any atom is 0.407 e. The lowest BCUT2D eigenvalue weighted by atomic mass is 9.98. The van der Waals surface area contributed by atoms with Gasteiger partial charge in [0.1, 0.15) is 12.6 Å². The molecule has 0 fully saturated rings. The van der Waals surface area contributed by atoms with Crippen molar-refractivity contribution in [1.82, 2.24) is 20.3 Å². The van der Waals surface area contributed by atoms with Crippen molar-refractivity contribution in [3.8, 4) is 11.1 Å². The highest BCUT2D eigenvalue weighted by atomic mass is 16.5. The summed E-state index contributed by atoms with van der Waals surface area (Å²) in [6.07, 6.45) is 3.48. The number of amides is 1. The molecule has 0 saturated carbocycles. The van der Waals surface area contributed by atoms with Gasteiger partial charge in [-0.2, -0.15) is 0 Å². The van der Waals surface area contributed by atoms with Crippen molar-refractivity contribution in [2.45, 2.75) is 58.0 Å². The van der Waals surface area contributed by atoms with Gasteiger partial charge in [0.05, 0.1) is 11.9 Å². The number of nitrogens with one attached hydrogen (secondary N) is 1. The molecule has 36 heavy (non-hydrogen) atoms. The fourth-order valence-electron chi connectivity index (χ4n) is 4.90. The van der Waals surface area contributed by atoms with Crippen LogP contribution in [0.5, 0.6) is 0 Å². The minimum atomic E-state index is -0.413. The number of unbranched alkanes of at least 4 members (excludes halogenated alkanes) is 1. The number of alkyl carbamates (subject to hydrolysis) is 1. The molecular weight excluding hydrogens is 454 g/mol. The number of hydrogen-bond donors (Lipinski definition) is 2. The molecule has 0 saturated heterocycles. The highest BCUT2D eigenvalue weighted by Crippen LogP contribution is 2.44. The van der Waals surface area contributed by atoms with E-state index in [1.165, 1.54) is 22.3 Å². The molecule has 1 amide bonds. The monoisotopic (exact) mass is 489 g/mol. The van der Waals surface area contributed by atoms with E-state index in [1.54, 1.807) is 10.9 Å². The van der Waals surface area contributed by atoms with Gasteiger partial charge in [-0.05, 0) is 48.4 Å². The molecule has 8 nitrogen and oxygen atoms in total. The van der Waals surface area contributed by atoms with Crippen molar-refractivity contribution in [3.05, 3.63) is 71.5 Å². The third kappa shape index (κ3) is 5.49. The largest absolute Gasteiger partial charge is 0.449 e. The minimum Gasteiger partial charge on any atom is -0.449 e. The second-order valence-electron chi connectivity index (χ2n) is 9.69. The Morgan fingerprint density at radius 2 is 1.67 bits per heavy atom. The molecule has 190 valence electrons. The van der Waals surface area contributed by atoms with Crippen molar-refractivity contribution in [2.24, 2.45) is 11.7 Å². The summed E-state index contributed by atoms with van der Waals surface area (Å²) in [6.45, 7) is 6.38. The number of Topliss-reactive ketones (excluding diaryl/α,β-unsaturated/α-hetero) is 1. The molecule has 1 aliphatic carbocycles. The van der Waals surface area contributed by atoms with Gasteiger partial charge in [0.25, 0.3) is 0 Å². The Balaban J connectivity index is 1.20. The normalized spacial score (nSPS) is 14.2. The van der Waals surface area contributed by atoms with E-state index in [0.29, 0.717) is 19.6 Å². The fraction of sp³-hybridized carbons (Fsp3) is 0.429. The summed E-state index contributed by atoms with van der Waals surface area (Å²) in [6, 6.07) is 15.9. The summed E-state index contributed by atoms with van der Waals surface area (Å²) in [5, 5.41) is 10.9. The van der Waals surface area contributed by atoms with Crippen LogP contribution in [0.2, 0.25) is 0 Å². The Morgan fingerprint density at radius 1 is 1.03 bits per heavy atom. The minimum absolute atomic E-state index is 0.0459. The number of aromatic nitrogens is 3. The zero-order chi connectivity index (χ0) is 25.7. The summed E-state index contributed by atoms with van der Waals surface area (Å²) < 4.78 is 7.21. The first kappa shape index (κ1) is 25.6. The maximum atomic E-state index is 12.4. The second-order valence-corrected chi connectivity index (χ2v) is 9.69. The predicted octanol–water partition coefficient (Wildman–Crippen LogP) is 4.77. The first-order chi connectivity index (χ1) is 17.4. The number of rotatable bonds is 11. The van der Waals surface area contributed by atoms with Crippen molar-refractivity contribution >= 4 is 11.9 Å². The molecule has 1 heterocycles. The van der Waals surface area contributed by atoms with Crippen molar-refractivity contribution in [1.29, 1.82) is 0 Å². The quantitative estimate of drug-likeness (QED) is 0.375. The van der Waals surface area contributed by atoms with E-state index in [2.05, 4.69) is 39.9 Å². The zero-order valence-corrected chi connectivity index (χ0v) is 21.2. The van der Waals surface area contributed by atoms with Crippen LogP contribution in [0.25, 0.3) is 11.1 Å². The Morgan fingerprint density at radius 3 is 2.31 bits per heavy atom. The zero-order valence-electron chi connectivity index (χ0n) is 21.2. The first-order valence-corrected chi connectivity index (χ1v) is 12.7. The Labute approximate surface area is 212 Å². The van der Waals surface area contributed by atoms with Crippen molar-refractivity contribution in [3.63, 3.8) is 0 Å². The molecule has 0 radical (unpaired) electrons. The van der Waals surface area contributed by atoms with E-state index in [0.717, 1.165) is 18.5 Å². The number of carbonyl (C=O) groups excluding carboxylic acids is 2. The number of ketones is 1. The Bertz CT molecular complexity index is 1160. The fourth-order valence-corrected chi connectivity index (χ4v) is 4.90. The Hall–Kier alpha value is -3.52. The molecule has 0 aliphatic heterocycles. The van der Waals surface area contributed by atoms with Crippen LogP contribution in [0.3, 0.4) is 0 Å². The third-order valence-electron chi connectivity index (χ3n) is 6.89. The number of fused-ring (bicyclic) bond motifs is 3. The number of hydrogen-bond acceptors (Lipinski definition) is 6. The smallest absolute Gasteiger partial charge is 0.407 e. The van der Waals surface area contributed by atoms with Crippen LogP contribution in [-0.4, -0.2) is 40.0 Å². The van der Waals surface area contributed by atoms with Gasteiger partial charge in [0, 0.05) is 24.4 Å². The third-order valence-corrected chi connectivity index (χ3v) is 6.89. The maximum absolute atomic E-state index is 12.4. The summed E-state index contributed by atoms with van der Waals surface area (Å²) in [5.74, 6) is 0.0584. The van der Waals surface area contributed by atoms with E-state index in [1.807, 2.05) is 45.0 Å². The van der Waals surface area contributed by atoms with E-state index in [9.17, 15) is 9.59 Å². The van der Waals surface area contributed by atoms with Crippen LogP contribution in [0.15, 0.2) is 54.7 Å². The average Bonchev–Trinajstić information content (AvgIpc) is 3.49. The van der Waals surface area contributed by atoms with E-state index < -0.39 is 12.1 Å². The van der Waals surface area contributed by atoms with Gasteiger partial charge in [0.2, 0.25) is 0 Å². The number of nitrogens with zero attached hydrogens (tertiary/aromatic N) is 3. The lowest BCUT2D eigenvalue weighted by Crippen LogP contribution is -2.27. The van der Waals surface area contributed by atoms with Crippen LogP contribution < -0.4 is 11.1 Å². The van der Waals surface area contributed by atoms with Gasteiger partial charge in [-0.15, -0.1) is 5.10 Å². The van der Waals surface area contributed by atoms with Crippen molar-refractivity contribution in [2.75, 3.05) is 13.2 Å². The second kappa shape index (κ2) is 11.5. The van der Waals surface area contributed by atoms with Gasteiger partial charge in [0.15, 0.2) is 5.78 Å². The summed E-state index contributed by atoms with van der Waals surface area (Å²) in [4.78, 5) is 24.7. The molecule has 0 unspecified atom stereocenters. The number of carbonyl (C=O) groups is 2. The van der Waals surface area contributed by atoms with E-state index >= 15 is 0 Å². The molecule has 8 heteroatoms. The van der Waals surface area contributed by atoms with Gasteiger partial charge < -0.3 is 15.8 Å². The molecule has 0 bridgehead atoms. The molecule has 3 N–H and O–H groups in total. The SMILES string of the molecule is CC(C)C(=O)[C@H](C)n1nncc1[C@@H](N)CCCCNC(=O)OCC1c2ccccc2-c2ccccc21. The van der Waals surface area contributed by atoms with Crippen LogP contribution >= 0.6 is 0 Å². The lowest BCUT2D eigenvalue weighted by Gasteiger charge is -2.19. The van der Waals surface area contributed by atoms with Gasteiger partial charge >= 0.3 is 6.09 Å². The molecule has 2 atom stereocenters. The van der Waals surface area contributed by atoms with Crippen LogP contribution in [0.4, 0.5) is 4.79 Å².